The van der Waals surface area contributed by atoms with E-state index in [2.05, 4.69) is 17.5 Å². The summed E-state index contributed by atoms with van der Waals surface area (Å²) in [6, 6.07) is 2.44. The van der Waals surface area contributed by atoms with Crippen molar-refractivity contribution in [2.75, 3.05) is 12.4 Å². The first-order chi connectivity index (χ1) is 8.38. The zero-order valence-electron chi connectivity index (χ0n) is 9.08. The number of nitrogens with one attached hydrogen (secondary N) is 1. The summed E-state index contributed by atoms with van der Waals surface area (Å²) in [5.41, 5.74) is 3.50. The van der Waals surface area contributed by atoms with Crippen molar-refractivity contribution >= 4 is 34.4 Å². The Balaban J connectivity index is 3.56. The average Bonchev–Trinajstić information content (AvgIpc) is 2.26. The van der Waals surface area contributed by atoms with Crippen LogP contribution in [-0.2, 0) is 0 Å². The Labute approximate surface area is 106 Å². The van der Waals surface area contributed by atoms with E-state index >= 15 is 0 Å². The Bertz CT molecular complexity index is 532. The fourth-order valence-corrected chi connectivity index (χ4v) is 1.43. The van der Waals surface area contributed by atoms with Crippen LogP contribution in [0, 0.1) is 20.2 Å². The summed E-state index contributed by atoms with van der Waals surface area (Å²) in [5, 5.41) is 23.9. The molecule has 0 amide bonds. The van der Waals surface area contributed by atoms with Crippen molar-refractivity contribution in [3.05, 3.63) is 32.4 Å². The highest BCUT2D eigenvalue weighted by Gasteiger charge is 2.33. The Kier molecular flexibility index (Phi) is 3.94. The van der Waals surface area contributed by atoms with Gasteiger partial charge in [-0.3, -0.25) is 20.2 Å². The molecule has 0 heterocycles. The van der Waals surface area contributed by atoms with Crippen LogP contribution in [-0.4, -0.2) is 22.1 Å². The first kappa shape index (κ1) is 13.6. The van der Waals surface area contributed by atoms with Crippen LogP contribution in [0.2, 0.25) is 0 Å². The molecule has 0 aliphatic heterocycles. The van der Waals surface area contributed by atoms with E-state index in [1.165, 1.54) is 19.2 Å². The minimum Gasteiger partial charge on any atom is -0.490 e. The molecule has 0 atom stereocenters. The summed E-state index contributed by atoms with van der Waals surface area (Å²) in [6.45, 7) is 0. The fourth-order valence-electron chi connectivity index (χ4n) is 1.32. The molecule has 0 aliphatic carbocycles. The lowest BCUT2D eigenvalue weighted by Crippen LogP contribution is -2.20. The van der Waals surface area contributed by atoms with Gasteiger partial charge in [-0.15, -0.1) is 0 Å². The molecule has 96 valence electrons. The quantitative estimate of drug-likeness (QED) is 0.474. The largest absolute Gasteiger partial charge is 0.490 e. The topological polar surface area (TPSA) is 134 Å². The molecule has 3 N–H and O–H groups in total. The van der Waals surface area contributed by atoms with Crippen LogP contribution < -0.4 is 15.8 Å². The number of hydrogen-bond acceptors (Lipinski definition) is 6. The second kappa shape index (κ2) is 5.23. The molecule has 9 nitrogen and oxygen atoms in total. The van der Waals surface area contributed by atoms with Gasteiger partial charge in [-0.2, -0.15) is 0 Å². The highest BCUT2D eigenvalue weighted by Crippen LogP contribution is 2.41. The predicted octanol–water partition coefficient (Wildman–Crippen LogP) is 1.17. The summed E-state index contributed by atoms with van der Waals surface area (Å²) in [6.07, 6.45) is 0. The zero-order chi connectivity index (χ0) is 13.9. The number of nitro benzene ring substituents is 2. The Morgan fingerprint density at radius 2 is 1.89 bits per heavy atom. The molecule has 0 aromatic heterocycles. The molecule has 1 aromatic carbocycles. The molecule has 0 saturated heterocycles. The van der Waals surface area contributed by atoms with Crippen LogP contribution in [0.3, 0.4) is 0 Å². The molecule has 18 heavy (non-hydrogen) atoms. The third kappa shape index (κ3) is 2.60. The van der Waals surface area contributed by atoms with Crippen molar-refractivity contribution < 1.29 is 14.6 Å². The van der Waals surface area contributed by atoms with E-state index in [1.54, 1.807) is 0 Å². The van der Waals surface area contributed by atoms with Gasteiger partial charge in [0.25, 0.3) is 0 Å². The van der Waals surface area contributed by atoms with Gasteiger partial charge in [0, 0.05) is 0 Å². The summed E-state index contributed by atoms with van der Waals surface area (Å²) in [7, 11) is 1.17. The van der Waals surface area contributed by atoms with E-state index in [-0.39, 0.29) is 16.5 Å². The van der Waals surface area contributed by atoms with E-state index < -0.39 is 21.2 Å². The van der Waals surface area contributed by atoms with Crippen LogP contribution in [0.25, 0.3) is 0 Å². The monoisotopic (exact) mass is 272 g/mol. The number of hydrogen-bond donors (Lipinski definition) is 2. The van der Waals surface area contributed by atoms with E-state index in [0.717, 1.165) is 0 Å². The van der Waals surface area contributed by atoms with Gasteiger partial charge in [-0.05, 0) is 24.4 Å². The summed E-state index contributed by atoms with van der Waals surface area (Å²) >= 11 is 4.54. The molecule has 0 radical (unpaired) electrons. The maximum atomic E-state index is 10.9. The SMILES string of the molecule is COc1ccc(NC(N)=S)c([N+](=O)[O-])c1[N+](=O)[O-]. The van der Waals surface area contributed by atoms with Crippen molar-refractivity contribution in [1.82, 2.24) is 0 Å². The first-order valence-electron chi connectivity index (χ1n) is 4.44. The maximum absolute atomic E-state index is 10.9. The molecule has 0 bridgehead atoms. The molecule has 0 aliphatic rings. The minimum absolute atomic E-state index is 0.167. The lowest BCUT2D eigenvalue weighted by Gasteiger charge is -2.07. The Morgan fingerprint density at radius 3 is 2.28 bits per heavy atom. The summed E-state index contributed by atoms with van der Waals surface area (Å²) < 4.78 is 4.72. The number of thiocarbonyl (C=S) groups is 1. The number of nitro groups is 2. The molecule has 0 unspecified atom stereocenters. The van der Waals surface area contributed by atoms with Gasteiger partial charge < -0.3 is 15.8 Å². The summed E-state index contributed by atoms with van der Waals surface area (Å²) in [4.78, 5) is 20.0. The predicted molar refractivity (Wildman–Crippen MR) is 66.7 cm³/mol. The molecular formula is C8H8N4O5S. The molecule has 0 fully saturated rings. The lowest BCUT2D eigenvalue weighted by molar-refractivity contribution is -0.422. The number of ether oxygens (including phenoxy) is 1. The molecule has 0 saturated carbocycles. The lowest BCUT2D eigenvalue weighted by atomic mass is 10.2. The maximum Gasteiger partial charge on any atom is 0.389 e. The van der Waals surface area contributed by atoms with Gasteiger partial charge in [-0.1, -0.05) is 0 Å². The summed E-state index contributed by atoms with van der Waals surface area (Å²) in [5.74, 6) is -0.222. The van der Waals surface area contributed by atoms with E-state index in [4.69, 9.17) is 10.5 Å². The minimum atomic E-state index is -0.902. The Hall–Kier alpha value is -2.49. The smallest absolute Gasteiger partial charge is 0.389 e. The van der Waals surface area contributed by atoms with Crippen LogP contribution in [0.1, 0.15) is 0 Å². The third-order valence-corrected chi connectivity index (χ3v) is 2.06. The number of nitrogens with zero attached hydrogens (tertiary/aromatic N) is 2. The van der Waals surface area contributed by atoms with Gasteiger partial charge in [0.15, 0.2) is 5.11 Å². The van der Waals surface area contributed by atoms with Crippen LogP contribution >= 0.6 is 12.2 Å². The highest BCUT2D eigenvalue weighted by atomic mass is 32.1. The molecule has 10 heteroatoms. The molecule has 1 rings (SSSR count). The number of anilines is 1. The number of nitrogens with two attached hydrogens (primary N) is 1. The third-order valence-electron chi connectivity index (χ3n) is 1.96. The van der Waals surface area contributed by atoms with Crippen molar-refractivity contribution in [2.24, 2.45) is 5.73 Å². The van der Waals surface area contributed by atoms with Crippen molar-refractivity contribution in [2.45, 2.75) is 0 Å². The Morgan fingerprint density at radius 1 is 1.33 bits per heavy atom. The van der Waals surface area contributed by atoms with Gasteiger partial charge in [0.05, 0.1) is 17.0 Å². The first-order valence-corrected chi connectivity index (χ1v) is 4.85. The highest BCUT2D eigenvalue weighted by molar-refractivity contribution is 7.80. The number of benzene rings is 1. The van der Waals surface area contributed by atoms with Crippen LogP contribution in [0.5, 0.6) is 5.75 Å². The second-order valence-electron chi connectivity index (χ2n) is 3.02. The van der Waals surface area contributed by atoms with E-state index in [1.807, 2.05) is 0 Å². The fraction of sp³-hybridized carbons (Fsp3) is 0.125. The van der Waals surface area contributed by atoms with Crippen molar-refractivity contribution in [1.29, 1.82) is 0 Å². The van der Waals surface area contributed by atoms with Gasteiger partial charge in [0.1, 0.15) is 5.69 Å². The molecule has 0 spiro atoms. The number of rotatable bonds is 4. The normalized spacial score (nSPS) is 9.61. The molecular weight excluding hydrogens is 264 g/mol. The van der Waals surface area contributed by atoms with Gasteiger partial charge in [0.2, 0.25) is 5.75 Å². The standard InChI is InChI=1S/C8H8N4O5S/c1-17-5-3-2-4(10-8(9)18)6(11(13)14)7(5)12(15)16/h2-3H,1H3,(H3,9,10,18). The van der Waals surface area contributed by atoms with Crippen molar-refractivity contribution in [3.8, 4) is 5.75 Å². The van der Waals surface area contributed by atoms with E-state index in [9.17, 15) is 20.2 Å². The van der Waals surface area contributed by atoms with Crippen LogP contribution in [0.15, 0.2) is 12.1 Å². The van der Waals surface area contributed by atoms with Gasteiger partial charge >= 0.3 is 11.4 Å². The average molecular weight is 272 g/mol. The molecule has 1 aromatic rings. The number of methoxy groups -OCH3 is 1. The van der Waals surface area contributed by atoms with Crippen LogP contribution in [0.4, 0.5) is 17.1 Å². The van der Waals surface area contributed by atoms with E-state index in [0.29, 0.717) is 0 Å². The second-order valence-corrected chi connectivity index (χ2v) is 3.46. The van der Waals surface area contributed by atoms with Gasteiger partial charge in [-0.25, -0.2) is 0 Å². The zero-order valence-corrected chi connectivity index (χ0v) is 9.89. The van der Waals surface area contributed by atoms with Crippen molar-refractivity contribution in [3.63, 3.8) is 0 Å².